The van der Waals surface area contributed by atoms with E-state index in [2.05, 4.69) is 20.2 Å². The molecule has 7 nitrogen and oxygen atoms in total. The Morgan fingerprint density at radius 1 is 1.15 bits per heavy atom. The van der Waals surface area contributed by atoms with Crippen LogP contribution in [0.25, 0.3) is 10.9 Å². The van der Waals surface area contributed by atoms with Gasteiger partial charge in [0.15, 0.2) is 11.5 Å². The van der Waals surface area contributed by atoms with Crippen molar-refractivity contribution >= 4 is 34.0 Å². The Bertz CT molecular complexity index is 1130. The van der Waals surface area contributed by atoms with E-state index in [1.54, 1.807) is 13.2 Å². The molecule has 2 fully saturated rings. The summed E-state index contributed by atoms with van der Waals surface area (Å²) < 4.78 is 30.8. The second-order valence-corrected chi connectivity index (χ2v) is 8.77. The third kappa shape index (κ3) is 4.69. The third-order valence-corrected chi connectivity index (χ3v) is 6.60. The largest absolute Gasteiger partial charge is 0.493 e. The molecule has 1 aromatic heterocycles. The molecular weight excluding hydrogens is 447 g/mol. The summed E-state index contributed by atoms with van der Waals surface area (Å²) in [4.78, 5) is 11.3. The van der Waals surface area contributed by atoms with E-state index in [0.717, 1.165) is 31.6 Å². The average molecular weight is 473 g/mol. The van der Waals surface area contributed by atoms with Crippen LogP contribution in [-0.4, -0.2) is 60.4 Å². The minimum Gasteiger partial charge on any atom is -0.493 e. The molecule has 2 saturated heterocycles. The topological polar surface area (TPSA) is 68.7 Å². The Morgan fingerprint density at radius 3 is 2.73 bits per heavy atom. The van der Waals surface area contributed by atoms with Crippen LogP contribution in [0.1, 0.15) is 19.3 Å². The normalized spacial score (nSPS) is 20.2. The van der Waals surface area contributed by atoms with Crippen molar-refractivity contribution in [2.45, 2.75) is 31.3 Å². The second-order valence-electron chi connectivity index (χ2n) is 8.36. The van der Waals surface area contributed by atoms with Gasteiger partial charge in [-0.3, -0.25) is 4.90 Å². The smallest absolute Gasteiger partial charge is 0.162 e. The van der Waals surface area contributed by atoms with Gasteiger partial charge in [-0.25, -0.2) is 14.4 Å². The highest BCUT2D eigenvalue weighted by molar-refractivity contribution is 6.31. The number of aromatic nitrogens is 2. The number of benzene rings is 2. The first-order chi connectivity index (χ1) is 16.1. The number of methoxy groups -OCH3 is 1. The predicted molar refractivity (Wildman–Crippen MR) is 125 cm³/mol. The minimum atomic E-state index is -0.472. The summed E-state index contributed by atoms with van der Waals surface area (Å²) in [5.74, 6) is 1.34. The standard InChI is InChI=1S/C24H26ClFN4O3/c1-31-22-11-21-18(24(28-14-27-21)29-15-3-6-20(26)19(25)9-15)10-23(22)33-8-2-7-30-16-4-5-17(30)13-32-12-16/h3,6,9-11,14,16-17H,2,4-5,7-8,12-13H2,1H3,(H,27,28,29). The van der Waals surface area contributed by atoms with E-state index in [1.807, 2.05) is 12.1 Å². The summed E-state index contributed by atoms with van der Waals surface area (Å²) in [6.45, 7) is 3.24. The van der Waals surface area contributed by atoms with Crippen LogP contribution in [0.5, 0.6) is 11.5 Å². The van der Waals surface area contributed by atoms with Gasteiger partial charge in [-0.15, -0.1) is 0 Å². The van der Waals surface area contributed by atoms with Gasteiger partial charge in [0.25, 0.3) is 0 Å². The predicted octanol–water partition coefficient (Wildman–Crippen LogP) is 4.81. The zero-order valence-electron chi connectivity index (χ0n) is 18.4. The van der Waals surface area contributed by atoms with Crippen LogP contribution >= 0.6 is 11.6 Å². The number of morpholine rings is 1. The highest BCUT2D eigenvalue weighted by atomic mass is 35.5. The van der Waals surface area contributed by atoms with Crippen molar-refractivity contribution in [1.29, 1.82) is 0 Å². The van der Waals surface area contributed by atoms with Crippen LogP contribution in [0, 0.1) is 5.82 Å². The van der Waals surface area contributed by atoms with Crippen molar-refractivity contribution in [1.82, 2.24) is 14.9 Å². The summed E-state index contributed by atoms with van der Waals surface area (Å²) in [5, 5.41) is 3.99. The fourth-order valence-electron chi connectivity index (χ4n) is 4.65. The molecule has 0 amide bonds. The van der Waals surface area contributed by atoms with E-state index < -0.39 is 5.82 Å². The van der Waals surface area contributed by atoms with E-state index in [-0.39, 0.29) is 5.02 Å². The van der Waals surface area contributed by atoms with Crippen LogP contribution in [0.3, 0.4) is 0 Å². The van der Waals surface area contributed by atoms with Crippen molar-refractivity contribution in [3.63, 3.8) is 0 Å². The van der Waals surface area contributed by atoms with E-state index in [1.165, 1.54) is 31.3 Å². The lowest BCUT2D eigenvalue weighted by molar-refractivity contribution is -0.0160. The van der Waals surface area contributed by atoms with Crippen LogP contribution in [-0.2, 0) is 4.74 Å². The molecule has 3 aromatic rings. The minimum absolute atomic E-state index is 0.0396. The van der Waals surface area contributed by atoms with Crippen molar-refractivity contribution < 1.29 is 18.6 Å². The van der Waals surface area contributed by atoms with Crippen LogP contribution in [0.4, 0.5) is 15.9 Å². The summed E-state index contributed by atoms with van der Waals surface area (Å²) >= 11 is 5.92. The molecule has 2 aliphatic rings. The second kappa shape index (κ2) is 9.67. The number of halogens is 2. The van der Waals surface area contributed by atoms with E-state index >= 15 is 0 Å². The first-order valence-electron chi connectivity index (χ1n) is 11.1. The number of nitrogens with zero attached hydrogens (tertiary/aromatic N) is 3. The lowest BCUT2D eigenvalue weighted by atomic mass is 10.2. The van der Waals surface area contributed by atoms with Crippen molar-refractivity contribution in [3.05, 3.63) is 47.5 Å². The molecule has 5 rings (SSSR count). The molecule has 33 heavy (non-hydrogen) atoms. The fraction of sp³-hybridized carbons (Fsp3) is 0.417. The van der Waals surface area contributed by atoms with Gasteiger partial charge in [-0.2, -0.15) is 0 Å². The summed E-state index contributed by atoms with van der Waals surface area (Å²) in [5.41, 5.74) is 1.33. The lowest BCUT2D eigenvalue weighted by Crippen LogP contribution is -2.46. The zero-order valence-corrected chi connectivity index (χ0v) is 19.1. The molecule has 2 atom stereocenters. The van der Waals surface area contributed by atoms with Crippen LogP contribution in [0.2, 0.25) is 5.02 Å². The fourth-order valence-corrected chi connectivity index (χ4v) is 4.83. The van der Waals surface area contributed by atoms with Gasteiger partial charge >= 0.3 is 0 Å². The van der Waals surface area contributed by atoms with Gasteiger partial charge in [0, 0.05) is 35.8 Å². The maximum absolute atomic E-state index is 13.5. The molecule has 3 heterocycles. The Balaban J connectivity index is 1.31. The maximum atomic E-state index is 13.5. The molecule has 2 unspecified atom stereocenters. The molecule has 2 aliphatic heterocycles. The Morgan fingerprint density at radius 2 is 1.97 bits per heavy atom. The average Bonchev–Trinajstić information content (AvgIpc) is 3.04. The van der Waals surface area contributed by atoms with Gasteiger partial charge in [0.05, 0.1) is 37.5 Å². The highest BCUT2D eigenvalue weighted by Gasteiger charge is 2.36. The summed E-state index contributed by atoms with van der Waals surface area (Å²) in [6.07, 6.45) is 4.82. The van der Waals surface area contributed by atoms with Crippen molar-refractivity contribution in [2.24, 2.45) is 0 Å². The number of fused-ring (bicyclic) bond motifs is 3. The van der Waals surface area contributed by atoms with Gasteiger partial charge < -0.3 is 19.5 Å². The third-order valence-electron chi connectivity index (χ3n) is 6.31. The highest BCUT2D eigenvalue weighted by Crippen LogP contribution is 2.35. The first kappa shape index (κ1) is 22.1. The van der Waals surface area contributed by atoms with Crippen LogP contribution in [0.15, 0.2) is 36.7 Å². The molecule has 0 saturated carbocycles. The monoisotopic (exact) mass is 472 g/mol. The molecule has 2 bridgehead atoms. The molecule has 174 valence electrons. The maximum Gasteiger partial charge on any atom is 0.162 e. The zero-order chi connectivity index (χ0) is 22.8. The summed E-state index contributed by atoms with van der Waals surface area (Å²) in [6, 6.07) is 9.23. The van der Waals surface area contributed by atoms with Crippen molar-refractivity contribution in [3.8, 4) is 11.5 Å². The molecule has 0 spiro atoms. The molecule has 2 aromatic carbocycles. The number of hydrogen-bond donors (Lipinski definition) is 1. The molecule has 0 aliphatic carbocycles. The number of hydrogen-bond acceptors (Lipinski definition) is 7. The van der Waals surface area contributed by atoms with E-state index in [0.29, 0.717) is 47.2 Å². The Labute approximate surface area is 196 Å². The van der Waals surface area contributed by atoms with Crippen molar-refractivity contribution in [2.75, 3.05) is 38.8 Å². The first-order valence-corrected chi connectivity index (χ1v) is 11.5. The van der Waals surface area contributed by atoms with Crippen LogP contribution < -0.4 is 14.8 Å². The van der Waals surface area contributed by atoms with Gasteiger partial charge in [-0.1, -0.05) is 11.6 Å². The Kier molecular flexibility index (Phi) is 6.48. The number of ether oxygens (including phenoxy) is 3. The van der Waals surface area contributed by atoms with Gasteiger partial charge in [0.1, 0.15) is 18.0 Å². The Hall–Kier alpha value is -2.68. The molecular formula is C24H26ClFN4O3. The van der Waals surface area contributed by atoms with Gasteiger partial charge in [0.2, 0.25) is 0 Å². The lowest BCUT2D eigenvalue weighted by Gasteiger charge is -2.34. The number of nitrogens with one attached hydrogen (secondary N) is 1. The van der Waals surface area contributed by atoms with Gasteiger partial charge in [-0.05, 0) is 43.5 Å². The molecule has 1 N–H and O–H groups in total. The molecule has 0 radical (unpaired) electrons. The number of rotatable bonds is 8. The molecule has 9 heteroatoms. The van der Waals surface area contributed by atoms with E-state index in [4.69, 9.17) is 25.8 Å². The summed E-state index contributed by atoms with van der Waals surface area (Å²) in [7, 11) is 1.61. The van der Waals surface area contributed by atoms with E-state index in [9.17, 15) is 4.39 Å². The number of anilines is 2. The quantitative estimate of drug-likeness (QED) is 0.472. The SMILES string of the molecule is COc1cc2ncnc(Nc3ccc(F)c(Cl)c3)c2cc1OCCCN1C2CCC1COC2.